The van der Waals surface area contributed by atoms with Crippen LogP contribution in [0.1, 0.15) is 13.8 Å². The molecule has 62 valence electrons. The molecular formula is C12H14. The third-order valence-electron chi connectivity index (χ3n) is 2.74. The van der Waals surface area contributed by atoms with Crippen LogP contribution in [0, 0.1) is 11.8 Å². The summed E-state index contributed by atoms with van der Waals surface area (Å²) in [5, 5.41) is 0. The minimum atomic E-state index is 0.625. The maximum absolute atomic E-state index is 2.30. The van der Waals surface area contributed by atoms with Crippen LogP contribution in [0.4, 0.5) is 0 Å². The first kappa shape index (κ1) is 7.60. The van der Waals surface area contributed by atoms with E-state index >= 15 is 0 Å². The lowest BCUT2D eigenvalue weighted by Gasteiger charge is -2.26. The molecule has 0 saturated carbocycles. The summed E-state index contributed by atoms with van der Waals surface area (Å²) in [5.74, 6) is 1.28. The summed E-state index contributed by atoms with van der Waals surface area (Å²) in [6.07, 6.45) is 13.3. The van der Waals surface area contributed by atoms with Gasteiger partial charge in [0, 0.05) is 5.92 Å². The van der Waals surface area contributed by atoms with Crippen molar-refractivity contribution in [2.24, 2.45) is 11.8 Å². The Kier molecular flexibility index (Phi) is 1.76. The second kappa shape index (κ2) is 2.78. The molecule has 0 bridgehead atoms. The zero-order valence-electron chi connectivity index (χ0n) is 7.62. The standard InChI is InChI=1S/C12H14/c1-9-7-8-10(2)12-6-4-3-5-11(9)12/h3-9,11H,1-2H3. The molecule has 2 aliphatic carbocycles. The van der Waals surface area contributed by atoms with Crippen molar-refractivity contribution in [2.45, 2.75) is 13.8 Å². The SMILES string of the molecule is CC1=C2C=CC=CC2C(C)C=C1. The zero-order valence-corrected chi connectivity index (χ0v) is 7.62. The zero-order chi connectivity index (χ0) is 8.55. The highest BCUT2D eigenvalue weighted by Gasteiger charge is 2.20. The predicted molar refractivity (Wildman–Crippen MR) is 52.8 cm³/mol. The number of allylic oxidation sites excluding steroid dienone is 8. The number of fused-ring (bicyclic) bond motifs is 1. The summed E-state index contributed by atoms with van der Waals surface area (Å²) in [4.78, 5) is 0. The van der Waals surface area contributed by atoms with E-state index < -0.39 is 0 Å². The first-order chi connectivity index (χ1) is 5.79. The molecule has 0 heteroatoms. The Morgan fingerprint density at radius 1 is 1.08 bits per heavy atom. The third-order valence-corrected chi connectivity index (χ3v) is 2.74. The molecule has 0 radical (unpaired) electrons. The minimum absolute atomic E-state index is 0.625. The predicted octanol–water partition coefficient (Wildman–Crippen LogP) is 3.25. The van der Waals surface area contributed by atoms with Gasteiger partial charge in [0.1, 0.15) is 0 Å². The third kappa shape index (κ3) is 1.08. The van der Waals surface area contributed by atoms with Crippen LogP contribution >= 0.6 is 0 Å². The van der Waals surface area contributed by atoms with Gasteiger partial charge < -0.3 is 0 Å². The average molecular weight is 158 g/mol. The van der Waals surface area contributed by atoms with E-state index in [1.54, 1.807) is 0 Å². The second-order valence-electron chi connectivity index (χ2n) is 3.63. The van der Waals surface area contributed by atoms with E-state index in [1.807, 2.05) is 0 Å². The van der Waals surface area contributed by atoms with Crippen LogP contribution in [0.15, 0.2) is 47.6 Å². The van der Waals surface area contributed by atoms with Crippen molar-refractivity contribution in [3.8, 4) is 0 Å². The van der Waals surface area contributed by atoms with Crippen LogP contribution in [0.2, 0.25) is 0 Å². The number of hydrogen-bond donors (Lipinski definition) is 0. The monoisotopic (exact) mass is 158 g/mol. The smallest absolute Gasteiger partial charge is 0.00839 e. The van der Waals surface area contributed by atoms with Gasteiger partial charge in [-0.25, -0.2) is 0 Å². The molecule has 0 nitrogen and oxygen atoms in total. The van der Waals surface area contributed by atoms with Gasteiger partial charge in [0.25, 0.3) is 0 Å². The Hall–Kier alpha value is -1.04. The summed E-state index contributed by atoms with van der Waals surface area (Å²) in [5.41, 5.74) is 2.91. The molecule has 0 aromatic heterocycles. The Balaban J connectivity index is 2.44. The fourth-order valence-corrected chi connectivity index (χ4v) is 1.92. The molecule has 0 amide bonds. The highest BCUT2D eigenvalue weighted by Crippen LogP contribution is 2.33. The molecule has 0 fully saturated rings. The molecular weight excluding hydrogens is 144 g/mol. The molecule has 0 spiro atoms. The van der Waals surface area contributed by atoms with Crippen LogP contribution in [-0.4, -0.2) is 0 Å². The van der Waals surface area contributed by atoms with Crippen LogP contribution in [-0.2, 0) is 0 Å². The minimum Gasteiger partial charge on any atom is -0.0805 e. The summed E-state index contributed by atoms with van der Waals surface area (Å²) < 4.78 is 0. The maximum Gasteiger partial charge on any atom is 0.00839 e. The van der Waals surface area contributed by atoms with Gasteiger partial charge in [-0.05, 0) is 24.0 Å². The fourth-order valence-electron chi connectivity index (χ4n) is 1.92. The van der Waals surface area contributed by atoms with Gasteiger partial charge in [-0.3, -0.25) is 0 Å². The Bertz CT molecular complexity index is 300. The summed E-state index contributed by atoms with van der Waals surface area (Å²) >= 11 is 0. The summed E-state index contributed by atoms with van der Waals surface area (Å²) in [7, 11) is 0. The van der Waals surface area contributed by atoms with Crippen molar-refractivity contribution in [1.82, 2.24) is 0 Å². The topological polar surface area (TPSA) is 0 Å². The van der Waals surface area contributed by atoms with E-state index in [0.717, 1.165) is 0 Å². The van der Waals surface area contributed by atoms with Crippen LogP contribution < -0.4 is 0 Å². The molecule has 0 aliphatic heterocycles. The quantitative estimate of drug-likeness (QED) is 0.507. The van der Waals surface area contributed by atoms with Gasteiger partial charge in [-0.15, -0.1) is 0 Å². The van der Waals surface area contributed by atoms with Crippen molar-refractivity contribution < 1.29 is 0 Å². The molecule has 2 unspecified atom stereocenters. The largest absolute Gasteiger partial charge is 0.0805 e. The van der Waals surface area contributed by atoms with E-state index in [4.69, 9.17) is 0 Å². The maximum atomic E-state index is 2.30. The lowest BCUT2D eigenvalue weighted by molar-refractivity contribution is 0.577. The van der Waals surface area contributed by atoms with Gasteiger partial charge in [0.15, 0.2) is 0 Å². The van der Waals surface area contributed by atoms with Crippen LogP contribution in [0.3, 0.4) is 0 Å². The summed E-state index contributed by atoms with van der Waals surface area (Å²) in [6.45, 7) is 4.46. The van der Waals surface area contributed by atoms with Gasteiger partial charge in [0.2, 0.25) is 0 Å². The lowest BCUT2D eigenvalue weighted by atomic mass is 9.78. The number of rotatable bonds is 0. The molecule has 0 aromatic rings. The molecule has 2 aliphatic rings. The molecule has 2 atom stereocenters. The van der Waals surface area contributed by atoms with Gasteiger partial charge in [0.05, 0.1) is 0 Å². The van der Waals surface area contributed by atoms with E-state index in [0.29, 0.717) is 11.8 Å². The molecule has 0 heterocycles. The first-order valence-corrected chi connectivity index (χ1v) is 4.53. The Morgan fingerprint density at radius 2 is 1.92 bits per heavy atom. The average Bonchev–Trinajstić information content (AvgIpc) is 2.12. The van der Waals surface area contributed by atoms with E-state index in [-0.39, 0.29) is 0 Å². The molecule has 12 heavy (non-hydrogen) atoms. The fraction of sp³-hybridized carbons (Fsp3) is 0.333. The van der Waals surface area contributed by atoms with Crippen molar-refractivity contribution in [2.75, 3.05) is 0 Å². The van der Waals surface area contributed by atoms with Crippen molar-refractivity contribution in [1.29, 1.82) is 0 Å². The first-order valence-electron chi connectivity index (χ1n) is 4.53. The highest BCUT2D eigenvalue weighted by atomic mass is 14.2. The van der Waals surface area contributed by atoms with Crippen molar-refractivity contribution in [3.63, 3.8) is 0 Å². The van der Waals surface area contributed by atoms with Gasteiger partial charge in [-0.2, -0.15) is 0 Å². The van der Waals surface area contributed by atoms with Gasteiger partial charge >= 0.3 is 0 Å². The van der Waals surface area contributed by atoms with E-state index in [9.17, 15) is 0 Å². The normalized spacial score (nSPS) is 32.5. The molecule has 0 saturated heterocycles. The highest BCUT2D eigenvalue weighted by molar-refractivity contribution is 5.43. The number of hydrogen-bond acceptors (Lipinski definition) is 0. The molecule has 0 N–H and O–H groups in total. The second-order valence-corrected chi connectivity index (χ2v) is 3.63. The van der Waals surface area contributed by atoms with Gasteiger partial charge in [-0.1, -0.05) is 43.4 Å². The van der Waals surface area contributed by atoms with Crippen LogP contribution in [0.5, 0.6) is 0 Å². The Morgan fingerprint density at radius 3 is 2.67 bits per heavy atom. The molecule has 2 rings (SSSR count). The lowest BCUT2D eigenvalue weighted by Crippen LogP contribution is -2.14. The van der Waals surface area contributed by atoms with E-state index in [2.05, 4.69) is 50.3 Å². The van der Waals surface area contributed by atoms with E-state index in [1.165, 1.54) is 11.1 Å². The Labute approximate surface area is 74.0 Å². The molecule has 0 aromatic carbocycles. The van der Waals surface area contributed by atoms with Crippen LogP contribution in [0.25, 0.3) is 0 Å². The van der Waals surface area contributed by atoms with Crippen molar-refractivity contribution in [3.05, 3.63) is 47.6 Å². The summed E-state index contributed by atoms with van der Waals surface area (Å²) in [6, 6.07) is 0. The van der Waals surface area contributed by atoms with Crippen molar-refractivity contribution >= 4 is 0 Å².